The van der Waals surface area contributed by atoms with Gasteiger partial charge < -0.3 is 19.9 Å². The van der Waals surface area contributed by atoms with E-state index in [1.54, 1.807) is 0 Å². The molecule has 1 amide bonds. The Bertz CT molecular complexity index is 528. The zero-order chi connectivity index (χ0) is 17.7. The fraction of sp³-hybridized carbons (Fsp3) is 0.778. The standard InChI is InChI=1S/C18H31N3O3/c1-12-10-16(21-24-12)11-19-13(2)14-6-8-15(9-7-14)20-17(22)23-18(3,4)5/h10,13-15,19H,6-9,11H2,1-5H3,(H,20,22). The van der Waals surface area contributed by atoms with E-state index in [-0.39, 0.29) is 12.1 Å². The lowest BCUT2D eigenvalue weighted by molar-refractivity contribution is 0.0485. The van der Waals surface area contributed by atoms with Crippen molar-refractivity contribution in [1.29, 1.82) is 0 Å². The molecule has 2 N–H and O–H groups in total. The maximum Gasteiger partial charge on any atom is 0.407 e. The van der Waals surface area contributed by atoms with Crippen molar-refractivity contribution in [2.45, 2.75) is 84.5 Å². The van der Waals surface area contributed by atoms with Crippen LogP contribution < -0.4 is 10.6 Å². The van der Waals surface area contributed by atoms with Crippen molar-refractivity contribution in [1.82, 2.24) is 15.8 Å². The first-order valence-electron chi connectivity index (χ1n) is 8.88. The minimum absolute atomic E-state index is 0.224. The number of alkyl carbamates (subject to hydrolysis) is 1. The third-order valence-corrected chi connectivity index (χ3v) is 4.48. The number of hydrogen-bond donors (Lipinski definition) is 2. The van der Waals surface area contributed by atoms with Crippen LogP contribution in [-0.4, -0.2) is 28.9 Å². The van der Waals surface area contributed by atoms with E-state index < -0.39 is 5.60 Å². The molecule has 1 saturated carbocycles. The molecule has 0 spiro atoms. The maximum absolute atomic E-state index is 11.8. The quantitative estimate of drug-likeness (QED) is 0.859. The highest BCUT2D eigenvalue weighted by atomic mass is 16.6. The van der Waals surface area contributed by atoms with Gasteiger partial charge in [0.2, 0.25) is 0 Å². The lowest BCUT2D eigenvalue weighted by Gasteiger charge is -2.33. The average Bonchev–Trinajstić information content (AvgIpc) is 2.89. The van der Waals surface area contributed by atoms with E-state index in [2.05, 4.69) is 22.7 Å². The molecule has 0 aliphatic heterocycles. The second-order valence-electron chi connectivity index (χ2n) is 7.86. The van der Waals surface area contributed by atoms with Gasteiger partial charge in [-0.3, -0.25) is 0 Å². The van der Waals surface area contributed by atoms with E-state index in [0.717, 1.165) is 43.7 Å². The predicted octanol–water partition coefficient (Wildman–Crippen LogP) is 3.54. The molecule has 1 heterocycles. The van der Waals surface area contributed by atoms with Gasteiger partial charge in [-0.1, -0.05) is 5.16 Å². The van der Waals surface area contributed by atoms with Gasteiger partial charge in [-0.2, -0.15) is 0 Å². The van der Waals surface area contributed by atoms with Crippen molar-refractivity contribution < 1.29 is 14.1 Å². The van der Waals surface area contributed by atoms with Gasteiger partial charge in [0, 0.05) is 24.7 Å². The number of aryl methyl sites for hydroxylation is 1. The Morgan fingerprint density at radius 1 is 1.38 bits per heavy atom. The molecule has 6 nitrogen and oxygen atoms in total. The number of rotatable bonds is 5. The Morgan fingerprint density at radius 3 is 2.58 bits per heavy atom. The number of amides is 1. The first-order chi connectivity index (χ1) is 11.2. The molecule has 24 heavy (non-hydrogen) atoms. The second kappa shape index (κ2) is 8.01. The van der Waals surface area contributed by atoms with Crippen LogP contribution in [0.1, 0.15) is 64.8 Å². The van der Waals surface area contributed by atoms with E-state index in [4.69, 9.17) is 9.26 Å². The van der Waals surface area contributed by atoms with E-state index in [9.17, 15) is 4.79 Å². The van der Waals surface area contributed by atoms with Crippen LogP contribution in [0.3, 0.4) is 0 Å². The Hall–Kier alpha value is -1.56. The van der Waals surface area contributed by atoms with Crippen LogP contribution in [0.5, 0.6) is 0 Å². The summed E-state index contributed by atoms with van der Waals surface area (Å²) in [4.78, 5) is 11.8. The highest BCUT2D eigenvalue weighted by Gasteiger charge is 2.27. The molecule has 6 heteroatoms. The Morgan fingerprint density at radius 2 is 2.04 bits per heavy atom. The van der Waals surface area contributed by atoms with Gasteiger partial charge in [-0.05, 0) is 66.2 Å². The second-order valence-corrected chi connectivity index (χ2v) is 7.86. The molecular formula is C18H31N3O3. The number of ether oxygens (including phenoxy) is 1. The molecule has 0 bridgehead atoms. The van der Waals surface area contributed by atoms with Gasteiger partial charge in [0.15, 0.2) is 0 Å². The van der Waals surface area contributed by atoms with Crippen molar-refractivity contribution in [3.63, 3.8) is 0 Å². The highest BCUT2D eigenvalue weighted by Crippen LogP contribution is 2.27. The smallest absolute Gasteiger partial charge is 0.407 e. The number of nitrogens with one attached hydrogen (secondary N) is 2. The van der Waals surface area contributed by atoms with Crippen molar-refractivity contribution in [2.75, 3.05) is 0 Å². The summed E-state index contributed by atoms with van der Waals surface area (Å²) in [6, 6.07) is 2.60. The van der Waals surface area contributed by atoms with Crippen molar-refractivity contribution in [3.8, 4) is 0 Å². The summed E-state index contributed by atoms with van der Waals surface area (Å²) in [5.74, 6) is 1.46. The van der Waals surface area contributed by atoms with E-state index >= 15 is 0 Å². The molecule has 1 atom stereocenters. The van der Waals surface area contributed by atoms with Crippen molar-refractivity contribution >= 4 is 6.09 Å². The Balaban J connectivity index is 1.69. The molecule has 0 saturated heterocycles. The molecule has 1 aromatic rings. The Labute approximate surface area is 144 Å². The molecular weight excluding hydrogens is 306 g/mol. The third kappa shape index (κ3) is 6.15. The van der Waals surface area contributed by atoms with Crippen molar-refractivity contribution in [2.24, 2.45) is 5.92 Å². The lowest BCUT2D eigenvalue weighted by Crippen LogP contribution is -2.43. The molecule has 2 rings (SSSR count). The monoisotopic (exact) mass is 337 g/mol. The lowest BCUT2D eigenvalue weighted by atomic mass is 9.82. The molecule has 1 unspecified atom stereocenters. The van der Waals surface area contributed by atoms with Gasteiger partial charge in [-0.15, -0.1) is 0 Å². The summed E-state index contributed by atoms with van der Waals surface area (Å²) >= 11 is 0. The molecule has 1 aliphatic carbocycles. The molecule has 1 fully saturated rings. The fourth-order valence-corrected chi connectivity index (χ4v) is 3.17. The minimum Gasteiger partial charge on any atom is -0.444 e. The third-order valence-electron chi connectivity index (χ3n) is 4.48. The van der Waals surface area contributed by atoms with E-state index in [0.29, 0.717) is 12.0 Å². The fourth-order valence-electron chi connectivity index (χ4n) is 3.17. The normalized spacial score (nSPS) is 22.9. The van der Waals surface area contributed by atoms with E-state index in [1.807, 2.05) is 33.8 Å². The minimum atomic E-state index is -0.445. The number of carbonyl (C=O) groups is 1. The van der Waals surface area contributed by atoms with Gasteiger partial charge >= 0.3 is 6.09 Å². The van der Waals surface area contributed by atoms with Crippen LogP contribution in [0.25, 0.3) is 0 Å². The van der Waals surface area contributed by atoms with Crippen LogP contribution in [0.4, 0.5) is 4.79 Å². The Kier molecular flexibility index (Phi) is 6.27. The van der Waals surface area contributed by atoms with Crippen LogP contribution in [0, 0.1) is 12.8 Å². The average molecular weight is 337 g/mol. The number of hydrogen-bond acceptors (Lipinski definition) is 5. The molecule has 0 aromatic carbocycles. The van der Waals surface area contributed by atoms with Crippen LogP contribution in [0.15, 0.2) is 10.6 Å². The maximum atomic E-state index is 11.8. The largest absolute Gasteiger partial charge is 0.444 e. The molecule has 1 aromatic heterocycles. The zero-order valence-corrected chi connectivity index (χ0v) is 15.5. The molecule has 136 valence electrons. The van der Waals surface area contributed by atoms with Gasteiger partial charge in [0.05, 0.1) is 5.69 Å². The van der Waals surface area contributed by atoms with Crippen LogP contribution >= 0.6 is 0 Å². The summed E-state index contributed by atoms with van der Waals surface area (Å²) < 4.78 is 10.4. The SMILES string of the molecule is Cc1cc(CNC(C)C2CCC(NC(=O)OC(C)(C)C)CC2)no1. The van der Waals surface area contributed by atoms with Crippen LogP contribution in [-0.2, 0) is 11.3 Å². The topological polar surface area (TPSA) is 76.4 Å². The summed E-state index contributed by atoms with van der Waals surface area (Å²) in [6.07, 6.45) is 3.90. The highest BCUT2D eigenvalue weighted by molar-refractivity contribution is 5.68. The van der Waals surface area contributed by atoms with Crippen molar-refractivity contribution in [3.05, 3.63) is 17.5 Å². The number of nitrogens with zero attached hydrogens (tertiary/aromatic N) is 1. The summed E-state index contributed by atoms with van der Waals surface area (Å²) in [6.45, 7) is 10.5. The summed E-state index contributed by atoms with van der Waals surface area (Å²) in [5.41, 5.74) is 0.499. The van der Waals surface area contributed by atoms with Gasteiger partial charge in [0.25, 0.3) is 0 Å². The number of carbonyl (C=O) groups excluding carboxylic acids is 1. The zero-order valence-electron chi connectivity index (χ0n) is 15.5. The summed E-state index contributed by atoms with van der Waals surface area (Å²) in [5, 5.41) is 10.5. The first kappa shape index (κ1) is 18.8. The van der Waals surface area contributed by atoms with E-state index in [1.165, 1.54) is 0 Å². The van der Waals surface area contributed by atoms with Crippen LogP contribution in [0.2, 0.25) is 0 Å². The summed E-state index contributed by atoms with van der Waals surface area (Å²) in [7, 11) is 0. The van der Waals surface area contributed by atoms with Gasteiger partial charge in [0.1, 0.15) is 11.4 Å². The molecule has 0 radical (unpaired) electrons. The first-order valence-corrected chi connectivity index (χ1v) is 8.88. The van der Waals surface area contributed by atoms with Gasteiger partial charge in [-0.25, -0.2) is 4.79 Å². The molecule has 1 aliphatic rings. The number of aromatic nitrogens is 1. The predicted molar refractivity (Wildman–Crippen MR) is 92.7 cm³/mol.